The molecule has 1 saturated heterocycles. The molecular formula is C25H28N4OS. The second-order valence-corrected chi connectivity index (χ2v) is 9.68. The molecule has 3 aromatic rings. The number of nitrogens with zero attached hydrogens (tertiary/aromatic N) is 3. The number of thiophene rings is 1. The lowest BCUT2D eigenvalue weighted by molar-refractivity contribution is 0.0769. The van der Waals surface area contributed by atoms with Crippen LogP contribution in [-0.4, -0.2) is 53.5 Å². The van der Waals surface area contributed by atoms with Crippen LogP contribution in [0.3, 0.4) is 0 Å². The zero-order chi connectivity index (χ0) is 21.4. The van der Waals surface area contributed by atoms with Crippen LogP contribution in [0.2, 0.25) is 0 Å². The molecule has 1 unspecified atom stereocenters. The van der Waals surface area contributed by atoms with Crippen molar-refractivity contribution in [3.63, 3.8) is 0 Å². The molecule has 0 amide bonds. The number of benzene rings is 2. The summed E-state index contributed by atoms with van der Waals surface area (Å²) >= 11 is 1.78. The lowest BCUT2D eigenvalue weighted by Crippen LogP contribution is -2.53. The number of nitrogens with one attached hydrogen (secondary N) is 1. The molecule has 2 aliphatic rings. The van der Waals surface area contributed by atoms with Crippen LogP contribution in [0.25, 0.3) is 0 Å². The number of amidine groups is 1. The van der Waals surface area contributed by atoms with E-state index in [2.05, 4.69) is 47.3 Å². The van der Waals surface area contributed by atoms with E-state index < -0.39 is 6.10 Å². The molecule has 0 saturated carbocycles. The maximum absolute atomic E-state index is 10.8. The van der Waals surface area contributed by atoms with Crippen molar-refractivity contribution in [2.45, 2.75) is 25.5 Å². The summed E-state index contributed by atoms with van der Waals surface area (Å²) in [5.41, 5.74) is 4.17. The summed E-state index contributed by atoms with van der Waals surface area (Å²) in [4.78, 5) is 11.2. The molecule has 2 atom stereocenters. The lowest BCUT2D eigenvalue weighted by Gasteiger charge is -2.41. The Morgan fingerprint density at radius 1 is 1.13 bits per heavy atom. The van der Waals surface area contributed by atoms with E-state index >= 15 is 0 Å². The van der Waals surface area contributed by atoms with Crippen molar-refractivity contribution >= 4 is 33.5 Å². The third kappa shape index (κ3) is 4.11. The van der Waals surface area contributed by atoms with Crippen LogP contribution in [-0.2, 0) is 0 Å². The van der Waals surface area contributed by atoms with E-state index in [0.717, 1.165) is 47.4 Å². The van der Waals surface area contributed by atoms with Crippen LogP contribution in [0, 0.1) is 6.92 Å². The standard InChI is InChI=1S/C25H28N4OS/c1-17-14-20-24(26-21-10-6-7-11-22(21)27-25(20)31-17)29-13-12-28(2)19(16-29)15-23(30)18-8-4-3-5-9-18/h3-11,14,19,23,27,30H,12-13,15-16H2,1-2H3/t19?,23-/m0/s1. The zero-order valence-electron chi connectivity index (χ0n) is 18.0. The number of hydrogen-bond acceptors (Lipinski definition) is 6. The average Bonchev–Trinajstić information content (AvgIpc) is 3.07. The molecular weight excluding hydrogens is 404 g/mol. The Bertz CT molecular complexity index is 1090. The van der Waals surface area contributed by atoms with E-state index in [1.807, 2.05) is 42.5 Å². The van der Waals surface area contributed by atoms with Crippen molar-refractivity contribution in [1.82, 2.24) is 9.80 Å². The minimum atomic E-state index is -0.467. The van der Waals surface area contributed by atoms with Gasteiger partial charge in [-0.15, -0.1) is 11.3 Å². The molecule has 1 fully saturated rings. The van der Waals surface area contributed by atoms with Crippen LogP contribution in [0.4, 0.5) is 16.4 Å². The molecule has 2 aliphatic heterocycles. The lowest BCUT2D eigenvalue weighted by atomic mass is 9.99. The number of aliphatic hydroxyl groups excluding tert-OH is 1. The SMILES string of the molecule is Cc1cc2c(s1)Nc1ccccc1N=C2N1CCN(C)C(C[C@H](O)c2ccccc2)C1. The third-order valence-corrected chi connectivity index (χ3v) is 7.20. The smallest absolute Gasteiger partial charge is 0.139 e. The molecule has 3 heterocycles. The van der Waals surface area contributed by atoms with E-state index in [1.54, 1.807) is 11.3 Å². The highest BCUT2D eigenvalue weighted by Gasteiger charge is 2.31. The van der Waals surface area contributed by atoms with E-state index in [9.17, 15) is 5.11 Å². The Morgan fingerprint density at radius 2 is 1.90 bits per heavy atom. The van der Waals surface area contributed by atoms with Gasteiger partial charge in [-0.3, -0.25) is 4.90 Å². The largest absolute Gasteiger partial charge is 0.388 e. The van der Waals surface area contributed by atoms with Crippen LogP contribution in [0.5, 0.6) is 0 Å². The Kier molecular flexibility index (Phi) is 5.52. The van der Waals surface area contributed by atoms with Crippen molar-refractivity contribution in [2.24, 2.45) is 4.99 Å². The summed E-state index contributed by atoms with van der Waals surface area (Å²) in [6.45, 7) is 4.85. The van der Waals surface area contributed by atoms with Gasteiger partial charge in [-0.05, 0) is 44.2 Å². The van der Waals surface area contributed by atoms with Crippen molar-refractivity contribution in [3.05, 3.63) is 76.7 Å². The summed E-state index contributed by atoms with van der Waals surface area (Å²) in [6.07, 6.45) is 0.236. The number of aliphatic imine (C=N–C) groups is 1. The number of para-hydroxylation sites is 2. The summed E-state index contributed by atoms with van der Waals surface area (Å²) < 4.78 is 0. The van der Waals surface area contributed by atoms with Gasteiger partial charge in [0.1, 0.15) is 10.8 Å². The van der Waals surface area contributed by atoms with Crippen LogP contribution < -0.4 is 5.32 Å². The Hall–Kier alpha value is -2.67. The minimum Gasteiger partial charge on any atom is -0.388 e. The van der Waals surface area contributed by atoms with E-state index in [1.165, 1.54) is 10.4 Å². The minimum absolute atomic E-state index is 0.251. The first-order valence-electron chi connectivity index (χ1n) is 10.8. The number of aliphatic hydroxyl groups is 1. The molecule has 0 radical (unpaired) electrons. The molecule has 0 spiro atoms. The Balaban J connectivity index is 1.44. The third-order valence-electron chi connectivity index (χ3n) is 6.23. The summed E-state index contributed by atoms with van der Waals surface area (Å²) in [5, 5.41) is 15.6. The highest BCUT2D eigenvalue weighted by molar-refractivity contribution is 7.16. The summed E-state index contributed by atoms with van der Waals surface area (Å²) in [7, 11) is 2.16. The average molecular weight is 433 g/mol. The van der Waals surface area contributed by atoms with E-state index in [4.69, 9.17) is 4.99 Å². The molecule has 5 rings (SSSR count). The molecule has 2 N–H and O–H groups in total. The number of likely N-dealkylation sites (N-methyl/N-ethyl adjacent to an activating group) is 1. The number of rotatable bonds is 3. The number of aryl methyl sites for hydroxylation is 1. The molecule has 6 heteroatoms. The second kappa shape index (κ2) is 8.46. The Labute approximate surface area is 187 Å². The topological polar surface area (TPSA) is 51.1 Å². The summed E-state index contributed by atoms with van der Waals surface area (Å²) in [5.74, 6) is 1.03. The molecule has 0 bridgehead atoms. The maximum Gasteiger partial charge on any atom is 0.139 e. The van der Waals surface area contributed by atoms with Gasteiger partial charge >= 0.3 is 0 Å². The van der Waals surface area contributed by atoms with Crippen molar-refractivity contribution in [2.75, 3.05) is 32.0 Å². The fourth-order valence-corrected chi connectivity index (χ4v) is 5.37. The number of anilines is 2. The molecule has 160 valence electrons. The van der Waals surface area contributed by atoms with Gasteiger partial charge in [0, 0.05) is 30.6 Å². The van der Waals surface area contributed by atoms with Gasteiger partial charge in [0.05, 0.1) is 23.0 Å². The highest BCUT2D eigenvalue weighted by atomic mass is 32.1. The zero-order valence-corrected chi connectivity index (χ0v) is 18.8. The molecule has 1 aromatic heterocycles. The Morgan fingerprint density at radius 3 is 2.74 bits per heavy atom. The van der Waals surface area contributed by atoms with Gasteiger partial charge in [-0.25, -0.2) is 4.99 Å². The second-order valence-electron chi connectivity index (χ2n) is 8.42. The van der Waals surface area contributed by atoms with E-state index in [0.29, 0.717) is 6.42 Å². The number of piperazine rings is 1. The number of hydrogen-bond donors (Lipinski definition) is 2. The van der Waals surface area contributed by atoms with Gasteiger partial charge < -0.3 is 15.3 Å². The fraction of sp³-hybridized carbons (Fsp3) is 0.320. The predicted molar refractivity (Wildman–Crippen MR) is 129 cm³/mol. The molecule has 31 heavy (non-hydrogen) atoms. The monoisotopic (exact) mass is 432 g/mol. The molecule has 0 aliphatic carbocycles. The summed E-state index contributed by atoms with van der Waals surface area (Å²) in [6, 6.07) is 20.7. The van der Waals surface area contributed by atoms with Crippen LogP contribution in [0.15, 0.2) is 65.7 Å². The first-order chi connectivity index (χ1) is 15.1. The predicted octanol–water partition coefficient (Wildman–Crippen LogP) is 4.93. The van der Waals surface area contributed by atoms with Gasteiger partial charge in [0.25, 0.3) is 0 Å². The first kappa shape index (κ1) is 20.2. The van der Waals surface area contributed by atoms with Gasteiger partial charge in [-0.2, -0.15) is 0 Å². The number of fused-ring (bicyclic) bond motifs is 2. The van der Waals surface area contributed by atoms with Crippen molar-refractivity contribution in [1.29, 1.82) is 0 Å². The van der Waals surface area contributed by atoms with Crippen molar-refractivity contribution in [3.8, 4) is 0 Å². The normalized spacial score (nSPS) is 19.6. The molecule has 5 nitrogen and oxygen atoms in total. The molecule has 2 aromatic carbocycles. The van der Waals surface area contributed by atoms with Gasteiger partial charge in [0.2, 0.25) is 0 Å². The van der Waals surface area contributed by atoms with Crippen LogP contribution >= 0.6 is 11.3 Å². The maximum atomic E-state index is 10.8. The fourth-order valence-electron chi connectivity index (χ4n) is 4.45. The van der Waals surface area contributed by atoms with Gasteiger partial charge in [0.15, 0.2) is 0 Å². The van der Waals surface area contributed by atoms with E-state index in [-0.39, 0.29) is 6.04 Å². The van der Waals surface area contributed by atoms with Crippen molar-refractivity contribution < 1.29 is 5.11 Å². The van der Waals surface area contributed by atoms with Crippen LogP contribution in [0.1, 0.15) is 28.5 Å². The highest BCUT2D eigenvalue weighted by Crippen LogP contribution is 2.39. The quantitative estimate of drug-likeness (QED) is 0.616. The first-order valence-corrected chi connectivity index (χ1v) is 11.6. The van der Waals surface area contributed by atoms with Gasteiger partial charge in [-0.1, -0.05) is 42.5 Å².